The van der Waals surface area contributed by atoms with Crippen LogP contribution in [0.5, 0.6) is 0 Å². The summed E-state index contributed by atoms with van der Waals surface area (Å²) in [7, 11) is 0. The Morgan fingerprint density at radius 2 is 1.85 bits per heavy atom. The third-order valence-corrected chi connectivity index (χ3v) is 6.37. The molecule has 2 aliphatic heterocycles. The van der Waals surface area contributed by atoms with Crippen LogP contribution in [-0.2, 0) is 14.3 Å². The molecule has 2 rings (SSSR count). The molecule has 0 unspecified atom stereocenters. The van der Waals surface area contributed by atoms with Gasteiger partial charge >= 0.3 is 6.09 Å². The summed E-state index contributed by atoms with van der Waals surface area (Å²) in [5, 5.41) is 6.05. The Hall–Kier alpha value is -1.48. The average molecular weight is 401 g/mol. The smallest absolute Gasteiger partial charge is 0.408 e. The van der Waals surface area contributed by atoms with Gasteiger partial charge in [0.1, 0.15) is 11.6 Å². The van der Waals surface area contributed by atoms with Gasteiger partial charge in [-0.3, -0.25) is 14.9 Å². The molecule has 3 amide bonds. The van der Waals surface area contributed by atoms with Gasteiger partial charge in [0.05, 0.1) is 10.9 Å². The van der Waals surface area contributed by atoms with E-state index in [0.29, 0.717) is 18.8 Å². The number of nitrogens with zero attached hydrogens (tertiary/aromatic N) is 1. The van der Waals surface area contributed by atoms with Gasteiger partial charge in [0.25, 0.3) is 0 Å². The number of carbonyl (C=O) groups excluding carboxylic acids is 3. The lowest BCUT2D eigenvalue weighted by atomic mass is 9.99. The fourth-order valence-corrected chi connectivity index (χ4v) is 4.75. The summed E-state index contributed by atoms with van der Waals surface area (Å²) in [4.78, 5) is 38.1. The van der Waals surface area contributed by atoms with Crippen LogP contribution in [-0.4, -0.2) is 64.2 Å². The summed E-state index contributed by atoms with van der Waals surface area (Å²) in [6, 6.07) is -0.939. The summed E-state index contributed by atoms with van der Waals surface area (Å²) >= 11 is 1.71. The molecule has 0 bridgehead atoms. The Labute approximate surface area is 165 Å². The molecule has 0 aromatic rings. The first-order valence-electron chi connectivity index (χ1n) is 9.42. The zero-order valence-corrected chi connectivity index (χ0v) is 17.6. The number of primary amides is 1. The molecular formula is C18H32N4O4S. The maximum absolute atomic E-state index is 13.0. The molecule has 2 heterocycles. The number of thioether (sulfide) groups is 1. The number of ether oxygens (including phenoxy) is 1. The molecule has 0 saturated carbocycles. The molecule has 9 heteroatoms. The Kier molecular flexibility index (Phi) is 6.68. The van der Waals surface area contributed by atoms with Crippen LogP contribution >= 0.6 is 11.8 Å². The molecule has 0 aliphatic carbocycles. The van der Waals surface area contributed by atoms with Gasteiger partial charge < -0.3 is 20.7 Å². The molecule has 0 aromatic heterocycles. The van der Waals surface area contributed by atoms with E-state index in [4.69, 9.17) is 10.5 Å². The van der Waals surface area contributed by atoms with Crippen LogP contribution in [0.2, 0.25) is 0 Å². The number of piperidine rings is 1. The van der Waals surface area contributed by atoms with Gasteiger partial charge in [0, 0.05) is 18.8 Å². The van der Waals surface area contributed by atoms with Crippen molar-refractivity contribution in [3.63, 3.8) is 0 Å². The Bertz CT molecular complexity index is 582. The zero-order chi connectivity index (χ0) is 20.4. The first-order valence-corrected chi connectivity index (χ1v) is 10.4. The van der Waals surface area contributed by atoms with Gasteiger partial charge in [-0.2, -0.15) is 0 Å². The molecule has 27 heavy (non-hydrogen) atoms. The van der Waals surface area contributed by atoms with Crippen molar-refractivity contribution in [1.29, 1.82) is 0 Å². The number of hydrogen-bond donors (Lipinski definition) is 3. The van der Waals surface area contributed by atoms with Gasteiger partial charge in [-0.1, -0.05) is 13.8 Å². The quantitative estimate of drug-likeness (QED) is 0.650. The minimum absolute atomic E-state index is 0.0564. The standard InChI is InChI=1S/C18H32N4O4S/c1-11(2)13(20-16(25)26-17(3,4)5)15(24)22-8-6-18(7-9-22)21-12(10-27-18)14(19)23/h11-13,21H,6-10H2,1-5H3,(H2,19,23)(H,20,25)/t12-,13-/m0/s1. The van der Waals surface area contributed by atoms with E-state index in [1.54, 1.807) is 37.4 Å². The maximum Gasteiger partial charge on any atom is 0.408 e. The van der Waals surface area contributed by atoms with E-state index in [9.17, 15) is 14.4 Å². The second-order valence-corrected chi connectivity index (χ2v) is 10.0. The summed E-state index contributed by atoms with van der Waals surface area (Å²) in [6.45, 7) is 10.3. The number of nitrogens with one attached hydrogen (secondary N) is 2. The maximum atomic E-state index is 13.0. The highest BCUT2D eigenvalue weighted by molar-refractivity contribution is 8.01. The van der Waals surface area contributed by atoms with Crippen LogP contribution in [0.15, 0.2) is 0 Å². The van der Waals surface area contributed by atoms with Crippen molar-refractivity contribution >= 4 is 29.7 Å². The molecule has 2 aliphatic rings. The van der Waals surface area contributed by atoms with Crippen LogP contribution in [0.3, 0.4) is 0 Å². The number of amides is 3. The van der Waals surface area contributed by atoms with Crippen molar-refractivity contribution in [1.82, 2.24) is 15.5 Å². The van der Waals surface area contributed by atoms with E-state index < -0.39 is 17.7 Å². The third-order valence-electron chi connectivity index (χ3n) is 4.79. The Balaban J connectivity index is 1.94. The largest absolute Gasteiger partial charge is 0.444 e. The third kappa shape index (κ3) is 5.75. The molecule has 1 spiro atoms. The number of rotatable bonds is 4. The Morgan fingerprint density at radius 1 is 1.26 bits per heavy atom. The SMILES string of the molecule is CC(C)[C@H](NC(=O)OC(C)(C)C)C(=O)N1CCC2(CC1)N[C@H](C(N)=O)CS2. The monoisotopic (exact) mass is 400 g/mol. The van der Waals surface area contributed by atoms with E-state index in [2.05, 4.69) is 10.6 Å². The van der Waals surface area contributed by atoms with Gasteiger partial charge in [0.2, 0.25) is 11.8 Å². The van der Waals surface area contributed by atoms with E-state index in [1.165, 1.54) is 0 Å². The minimum atomic E-state index is -0.628. The number of carbonyl (C=O) groups is 3. The predicted molar refractivity (Wildman–Crippen MR) is 105 cm³/mol. The predicted octanol–water partition coefficient (Wildman–Crippen LogP) is 1.04. The van der Waals surface area contributed by atoms with Crippen LogP contribution < -0.4 is 16.4 Å². The van der Waals surface area contributed by atoms with Crippen molar-refractivity contribution in [3.8, 4) is 0 Å². The average Bonchev–Trinajstić information content (AvgIpc) is 2.95. The van der Waals surface area contributed by atoms with Gasteiger partial charge in [0.15, 0.2) is 0 Å². The van der Waals surface area contributed by atoms with Crippen molar-refractivity contribution < 1.29 is 19.1 Å². The number of alkyl carbamates (subject to hydrolysis) is 1. The van der Waals surface area contributed by atoms with Gasteiger partial charge in [-0.05, 0) is 39.5 Å². The second-order valence-electron chi connectivity index (χ2n) is 8.60. The summed E-state index contributed by atoms with van der Waals surface area (Å²) in [5.74, 6) is 0.177. The van der Waals surface area contributed by atoms with Crippen LogP contribution in [0.1, 0.15) is 47.5 Å². The minimum Gasteiger partial charge on any atom is -0.444 e. The van der Waals surface area contributed by atoms with Crippen molar-refractivity contribution in [2.75, 3.05) is 18.8 Å². The molecule has 8 nitrogen and oxygen atoms in total. The van der Waals surface area contributed by atoms with E-state index in [1.807, 2.05) is 13.8 Å². The molecule has 0 radical (unpaired) electrons. The summed E-state index contributed by atoms with van der Waals surface area (Å²) < 4.78 is 5.29. The fraction of sp³-hybridized carbons (Fsp3) is 0.833. The van der Waals surface area contributed by atoms with E-state index in [-0.39, 0.29) is 28.6 Å². The highest BCUT2D eigenvalue weighted by atomic mass is 32.2. The second kappa shape index (κ2) is 8.26. The van der Waals surface area contributed by atoms with Crippen LogP contribution in [0.4, 0.5) is 4.79 Å². The van der Waals surface area contributed by atoms with E-state index in [0.717, 1.165) is 12.8 Å². The highest BCUT2D eigenvalue weighted by Gasteiger charge is 2.44. The fourth-order valence-electron chi connectivity index (χ4n) is 3.32. The zero-order valence-electron chi connectivity index (χ0n) is 16.8. The van der Waals surface area contributed by atoms with Gasteiger partial charge in [-0.25, -0.2) is 4.79 Å². The summed E-state index contributed by atoms with van der Waals surface area (Å²) in [6.07, 6.45) is 0.898. The first-order chi connectivity index (χ1) is 12.4. The molecule has 154 valence electrons. The highest BCUT2D eigenvalue weighted by Crippen LogP contribution is 2.39. The molecular weight excluding hydrogens is 368 g/mol. The lowest BCUT2D eigenvalue weighted by molar-refractivity contribution is -0.136. The molecule has 2 saturated heterocycles. The Morgan fingerprint density at radius 3 is 2.30 bits per heavy atom. The molecule has 2 fully saturated rings. The molecule has 4 N–H and O–H groups in total. The van der Waals surface area contributed by atoms with Crippen molar-refractivity contribution in [3.05, 3.63) is 0 Å². The number of nitrogens with two attached hydrogens (primary N) is 1. The first kappa shape index (κ1) is 21.8. The van der Waals surface area contributed by atoms with Crippen molar-refractivity contribution in [2.45, 2.75) is 70.0 Å². The number of likely N-dealkylation sites (tertiary alicyclic amines) is 1. The topological polar surface area (TPSA) is 114 Å². The summed E-state index contributed by atoms with van der Waals surface area (Å²) in [5.41, 5.74) is 4.78. The van der Waals surface area contributed by atoms with Crippen LogP contribution in [0, 0.1) is 5.92 Å². The van der Waals surface area contributed by atoms with Crippen molar-refractivity contribution in [2.24, 2.45) is 11.7 Å². The number of hydrogen-bond acceptors (Lipinski definition) is 6. The normalized spacial score (nSPS) is 23.3. The lowest BCUT2D eigenvalue weighted by Crippen LogP contribution is -2.57. The molecule has 2 atom stereocenters. The van der Waals surface area contributed by atoms with Crippen LogP contribution in [0.25, 0.3) is 0 Å². The van der Waals surface area contributed by atoms with Gasteiger partial charge in [-0.15, -0.1) is 11.8 Å². The van der Waals surface area contributed by atoms with E-state index >= 15 is 0 Å². The lowest BCUT2D eigenvalue weighted by Gasteiger charge is -2.40. The molecule has 0 aromatic carbocycles.